The van der Waals surface area contributed by atoms with Crippen molar-refractivity contribution in [3.63, 3.8) is 0 Å². The molecular weight excluding hydrogens is 354 g/mol. The normalized spacial score (nSPS) is 20.9. The molecule has 0 radical (unpaired) electrons. The lowest BCUT2D eigenvalue weighted by molar-refractivity contribution is -0.116. The average Bonchev–Trinajstić information content (AvgIpc) is 3.04. The number of hydrogen-bond donors (Lipinski definition) is 1. The number of carbonyl (C=O) groups excluding carboxylic acids is 1. The molecule has 3 heterocycles. The van der Waals surface area contributed by atoms with Crippen molar-refractivity contribution in [1.29, 1.82) is 0 Å². The number of amides is 1. The van der Waals surface area contributed by atoms with Gasteiger partial charge in [0.25, 0.3) is 0 Å². The van der Waals surface area contributed by atoms with Gasteiger partial charge in [0.05, 0.1) is 6.10 Å². The van der Waals surface area contributed by atoms with Crippen LogP contribution >= 0.6 is 0 Å². The second-order valence-corrected chi connectivity index (χ2v) is 7.68. The fraction of sp³-hybridized carbons (Fsp3) is 0.476. The molecule has 0 saturated carbocycles. The number of rotatable bonds is 4. The molecule has 7 heteroatoms. The first-order valence-corrected chi connectivity index (χ1v) is 9.88. The predicted molar refractivity (Wildman–Crippen MR) is 108 cm³/mol. The number of β-amino-alcohol motifs (C(OH)–C–C–N with tert-alkyl or cyclic N) is 1. The van der Waals surface area contributed by atoms with E-state index in [1.54, 1.807) is 19.3 Å². The minimum absolute atomic E-state index is 0.0693. The Bertz CT molecular complexity index is 836. The number of aliphatic hydroxyl groups excluding tert-OH is 1. The Morgan fingerprint density at radius 1 is 1.21 bits per heavy atom. The Labute approximate surface area is 165 Å². The van der Waals surface area contributed by atoms with E-state index in [-0.39, 0.29) is 11.9 Å². The zero-order valence-corrected chi connectivity index (χ0v) is 16.5. The van der Waals surface area contributed by atoms with E-state index in [1.165, 1.54) is 0 Å². The summed E-state index contributed by atoms with van der Waals surface area (Å²) in [5.41, 5.74) is 3.04. The first-order valence-electron chi connectivity index (χ1n) is 9.88. The fourth-order valence-electron chi connectivity index (χ4n) is 4.27. The van der Waals surface area contributed by atoms with E-state index in [2.05, 4.69) is 32.8 Å². The number of carbonyl (C=O) groups is 1. The van der Waals surface area contributed by atoms with Crippen molar-refractivity contribution in [3.05, 3.63) is 47.8 Å². The smallest absolute Gasteiger partial charge is 0.225 e. The van der Waals surface area contributed by atoms with Crippen molar-refractivity contribution in [2.24, 2.45) is 0 Å². The van der Waals surface area contributed by atoms with E-state index in [0.717, 1.165) is 55.4 Å². The van der Waals surface area contributed by atoms with Crippen LogP contribution in [-0.2, 0) is 11.2 Å². The topological polar surface area (TPSA) is 72.8 Å². The van der Waals surface area contributed by atoms with E-state index in [1.807, 2.05) is 23.1 Å². The van der Waals surface area contributed by atoms with Crippen LogP contribution in [0.2, 0.25) is 0 Å². The molecule has 7 nitrogen and oxygen atoms in total. The highest BCUT2D eigenvalue weighted by Gasteiger charge is 2.29. The van der Waals surface area contributed by atoms with Crippen molar-refractivity contribution in [3.8, 4) is 0 Å². The predicted octanol–water partition coefficient (Wildman–Crippen LogP) is 1.63. The van der Waals surface area contributed by atoms with Crippen molar-refractivity contribution in [2.45, 2.75) is 32.4 Å². The van der Waals surface area contributed by atoms with Gasteiger partial charge in [-0.25, -0.2) is 9.97 Å². The SMILES string of the molecule is CC(=O)N1c2ccc([C@@H](O)CN3CCN(c4ncccn4)CC3)cc2C[C@@H]1C. The molecule has 1 N–H and O–H groups in total. The third-order valence-corrected chi connectivity index (χ3v) is 5.68. The van der Waals surface area contributed by atoms with E-state index in [9.17, 15) is 9.90 Å². The van der Waals surface area contributed by atoms with E-state index >= 15 is 0 Å². The lowest BCUT2D eigenvalue weighted by atomic mass is 10.0. The van der Waals surface area contributed by atoms with Crippen LogP contribution in [0, 0.1) is 0 Å². The van der Waals surface area contributed by atoms with E-state index in [0.29, 0.717) is 6.54 Å². The zero-order chi connectivity index (χ0) is 19.7. The number of anilines is 2. The molecule has 0 unspecified atom stereocenters. The second kappa shape index (κ2) is 7.85. The summed E-state index contributed by atoms with van der Waals surface area (Å²) < 4.78 is 0. The Morgan fingerprint density at radius 2 is 1.93 bits per heavy atom. The molecule has 0 bridgehead atoms. The molecule has 1 aromatic carbocycles. The largest absolute Gasteiger partial charge is 0.387 e. The summed E-state index contributed by atoms with van der Waals surface area (Å²) in [6.45, 7) is 7.72. The number of benzene rings is 1. The van der Waals surface area contributed by atoms with Crippen molar-refractivity contribution >= 4 is 17.5 Å². The summed E-state index contributed by atoms with van der Waals surface area (Å²) in [5, 5.41) is 10.8. The number of piperazine rings is 1. The molecule has 2 aromatic rings. The Morgan fingerprint density at radius 3 is 2.61 bits per heavy atom. The van der Waals surface area contributed by atoms with Crippen LogP contribution in [0.4, 0.5) is 11.6 Å². The van der Waals surface area contributed by atoms with Gasteiger partial charge in [0.2, 0.25) is 11.9 Å². The highest BCUT2D eigenvalue weighted by atomic mass is 16.3. The van der Waals surface area contributed by atoms with Gasteiger partial charge in [-0.15, -0.1) is 0 Å². The van der Waals surface area contributed by atoms with Gasteiger partial charge < -0.3 is 14.9 Å². The maximum atomic E-state index is 11.9. The van der Waals surface area contributed by atoms with Crippen LogP contribution in [0.15, 0.2) is 36.7 Å². The molecule has 2 aliphatic rings. The van der Waals surface area contributed by atoms with Crippen LogP contribution in [0.1, 0.15) is 31.1 Å². The molecule has 28 heavy (non-hydrogen) atoms. The van der Waals surface area contributed by atoms with Gasteiger partial charge in [-0.05, 0) is 36.6 Å². The number of aliphatic hydroxyl groups is 1. The zero-order valence-electron chi connectivity index (χ0n) is 16.5. The third kappa shape index (κ3) is 3.72. The summed E-state index contributed by atoms with van der Waals surface area (Å²) >= 11 is 0. The van der Waals surface area contributed by atoms with Crippen molar-refractivity contribution in [2.75, 3.05) is 42.5 Å². The maximum Gasteiger partial charge on any atom is 0.225 e. The molecule has 1 aromatic heterocycles. The minimum Gasteiger partial charge on any atom is -0.387 e. The average molecular weight is 381 g/mol. The van der Waals surface area contributed by atoms with Gasteiger partial charge in [-0.3, -0.25) is 9.69 Å². The van der Waals surface area contributed by atoms with Gasteiger partial charge in [0.15, 0.2) is 0 Å². The maximum absolute atomic E-state index is 11.9. The Hall–Kier alpha value is -2.51. The standard InChI is InChI=1S/C21H27N5O2/c1-15-12-18-13-17(4-5-19(18)26(15)16(2)27)20(28)14-24-8-10-25(11-9-24)21-22-6-3-7-23-21/h3-7,13,15,20,28H,8-12,14H2,1-2H3/t15-,20-/m0/s1. The number of aromatic nitrogens is 2. The first kappa shape index (κ1) is 18.8. The minimum atomic E-state index is -0.536. The molecule has 4 rings (SSSR count). The van der Waals surface area contributed by atoms with Crippen LogP contribution < -0.4 is 9.80 Å². The van der Waals surface area contributed by atoms with Crippen molar-refractivity contribution in [1.82, 2.24) is 14.9 Å². The molecule has 1 fully saturated rings. The lowest BCUT2D eigenvalue weighted by Gasteiger charge is -2.35. The van der Waals surface area contributed by atoms with Gasteiger partial charge in [0, 0.05) is 63.8 Å². The molecule has 1 amide bonds. The molecule has 0 aliphatic carbocycles. The summed E-state index contributed by atoms with van der Waals surface area (Å²) in [5.74, 6) is 0.838. The summed E-state index contributed by atoms with van der Waals surface area (Å²) in [4.78, 5) is 26.8. The van der Waals surface area contributed by atoms with Gasteiger partial charge in [-0.1, -0.05) is 12.1 Å². The molecule has 0 spiro atoms. The van der Waals surface area contributed by atoms with Crippen LogP contribution in [0.3, 0.4) is 0 Å². The molecule has 2 atom stereocenters. The summed E-state index contributed by atoms with van der Waals surface area (Å²) in [6.07, 6.45) is 3.83. The summed E-state index contributed by atoms with van der Waals surface area (Å²) in [7, 11) is 0. The third-order valence-electron chi connectivity index (χ3n) is 5.68. The number of fused-ring (bicyclic) bond motifs is 1. The van der Waals surface area contributed by atoms with Gasteiger partial charge in [-0.2, -0.15) is 0 Å². The van der Waals surface area contributed by atoms with Crippen molar-refractivity contribution < 1.29 is 9.90 Å². The van der Waals surface area contributed by atoms with Gasteiger partial charge >= 0.3 is 0 Å². The monoisotopic (exact) mass is 381 g/mol. The van der Waals surface area contributed by atoms with Crippen LogP contribution in [0.25, 0.3) is 0 Å². The molecule has 2 aliphatic heterocycles. The number of hydrogen-bond acceptors (Lipinski definition) is 6. The second-order valence-electron chi connectivity index (χ2n) is 7.68. The van der Waals surface area contributed by atoms with Gasteiger partial charge in [0.1, 0.15) is 0 Å². The molecule has 1 saturated heterocycles. The van der Waals surface area contributed by atoms with E-state index in [4.69, 9.17) is 0 Å². The first-order chi connectivity index (χ1) is 13.5. The highest BCUT2D eigenvalue weighted by Crippen LogP contribution is 2.34. The highest BCUT2D eigenvalue weighted by molar-refractivity contribution is 5.94. The fourth-order valence-corrected chi connectivity index (χ4v) is 4.27. The van der Waals surface area contributed by atoms with Crippen LogP contribution in [-0.4, -0.2) is 64.6 Å². The Kier molecular flexibility index (Phi) is 5.28. The van der Waals surface area contributed by atoms with Crippen LogP contribution in [0.5, 0.6) is 0 Å². The Balaban J connectivity index is 1.37. The quantitative estimate of drug-likeness (QED) is 0.868. The van der Waals surface area contributed by atoms with E-state index < -0.39 is 6.10 Å². The molecule has 148 valence electrons. The molecular formula is C21H27N5O2. The lowest BCUT2D eigenvalue weighted by Crippen LogP contribution is -2.48. The summed E-state index contributed by atoms with van der Waals surface area (Å²) in [6, 6.07) is 7.99. The number of nitrogens with zero attached hydrogens (tertiary/aromatic N) is 5.